The van der Waals surface area contributed by atoms with Gasteiger partial charge in [0, 0.05) is 46.6 Å². The summed E-state index contributed by atoms with van der Waals surface area (Å²) in [6.45, 7) is 0. The standard InChI is InChI=1S/C21H16BrFN2O4/c22-13-6-9-17(16(23)10-13)24-18-2-1-3-19(26)21(18)15(11-20(24)27)12-4-7-14(8-5-12)25(28)29/h4-10,15H,1-3,11H2/t15-/m1/s1. The van der Waals surface area contributed by atoms with Crippen LogP contribution in [0.5, 0.6) is 0 Å². The Morgan fingerprint density at radius 3 is 2.48 bits per heavy atom. The first kappa shape index (κ1) is 19.4. The van der Waals surface area contributed by atoms with Gasteiger partial charge in [-0.3, -0.25) is 24.6 Å². The van der Waals surface area contributed by atoms with Gasteiger partial charge >= 0.3 is 0 Å². The van der Waals surface area contributed by atoms with Crippen LogP contribution in [0.1, 0.15) is 37.2 Å². The van der Waals surface area contributed by atoms with E-state index in [4.69, 9.17) is 0 Å². The lowest BCUT2D eigenvalue weighted by molar-refractivity contribution is -0.384. The van der Waals surface area contributed by atoms with Gasteiger partial charge in [0.15, 0.2) is 5.78 Å². The van der Waals surface area contributed by atoms with Crippen molar-refractivity contribution in [2.75, 3.05) is 4.90 Å². The van der Waals surface area contributed by atoms with Crippen molar-refractivity contribution in [1.29, 1.82) is 0 Å². The van der Waals surface area contributed by atoms with E-state index in [1.54, 1.807) is 18.2 Å². The van der Waals surface area contributed by atoms with Crippen LogP contribution in [0.25, 0.3) is 0 Å². The molecule has 2 aliphatic rings. The summed E-state index contributed by atoms with van der Waals surface area (Å²) in [4.78, 5) is 37.6. The molecule has 0 radical (unpaired) electrons. The van der Waals surface area contributed by atoms with Crippen LogP contribution < -0.4 is 4.90 Å². The summed E-state index contributed by atoms with van der Waals surface area (Å²) < 4.78 is 15.2. The predicted octanol–water partition coefficient (Wildman–Crippen LogP) is 5.02. The Labute approximate surface area is 174 Å². The molecule has 1 heterocycles. The summed E-state index contributed by atoms with van der Waals surface area (Å²) >= 11 is 3.21. The molecule has 2 aromatic rings. The summed E-state index contributed by atoms with van der Waals surface area (Å²) in [5, 5.41) is 10.9. The number of hydrogen-bond donors (Lipinski definition) is 0. The minimum absolute atomic E-state index is 0.00210. The van der Waals surface area contributed by atoms with Gasteiger partial charge in [-0.05, 0) is 36.6 Å². The van der Waals surface area contributed by atoms with E-state index in [0.717, 1.165) is 0 Å². The Bertz CT molecular complexity index is 1060. The third-order valence-electron chi connectivity index (χ3n) is 5.33. The van der Waals surface area contributed by atoms with Crippen LogP contribution in [0.2, 0.25) is 0 Å². The molecule has 1 atom stereocenters. The largest absolute Gasteiger partial charge is 0.294 e. The number of nitro groups is 1. The molecule has 2 aromatic carbocycles. The zero-order valence-electron chi connectivity index (χ0n) is 15.2. The smallest absolute Gasteiger partial charge is 0.269 e. The average molecular weight is 459 g/mol. The summed E-state index contributed by atoms with van der Waals surface area (Å²) in [7, 11) is 0. The van der Waals surface area contributed by atoms with E-state index in [1.807, 2.05) is 0 Å². The highest BCUT2D eigenvalue weighted by Gasteiger charge is 2.40. The second-order valence-electron chi connectivity index (χ2n) is 7.07. The SMILES string of the molecule is O=C1CCCC2=C1[C@@H](c1ccc([N+](=O)[O-])cc1)CC(=O)N2c1ccc(Br)cc1F. The predicted molar refractivity (Wildman–Crippen MR) is 108 cm³/mol. The van der Waals surface area contributed by atoms with Crippen LogP contribution >= 0.6 is 15.9 Å². The average Bonchev–Trinajstić information content (AvgIpc) is 2.68. The molecule has 0 N–H and O–H groups in total. The van der Waals surface area contributed by atoms with Gasteiger partial charge in [-0.2, -0.15) is 0 Å². The topological polar surface area (TPSA) is 80.5 Å². The maximum atomic E-state index is 14.6. The van der Waals surface area contributed by atoms with Crippen molar-refractivity contribution in [1.82, 2.24) is 0 Å². The molecule has 6 nitrogen and oxygen atoms in total. The number of hydrogen-bond acceptors (Lipinski definition) is 4. The number of benzene rings is 2. The molecule has 8 heteroatoms. The first-order chi connectivity index (χ1) is 13.9. The Balaban J connectivity index is 1.83. The Morgan fingerprint density at radius 2 is 1.83 bits per heavy atom. The molecule has 0 saturated heterocycles. The van der Waals surface area contributed by atoms with E-state index in [1.165, 1.54) is 29.2 Å². The second kappa shape index (κ2) is 7.51. The summed E-state index contributed by atoms with van der Waals surface area (Å²) in [5.41, 5.74) is 1.78. The zero-order chi connectivity index (χ0) is 20.7. The van der Waals surface area contributed by atoms with Crippen molar-refractivity contribution in [2.24, 2.45) is 0 Å². The van der Waals surface area contributed by atoms with Gasteiger partial charge in [-0.15, -0.1) is 0 Å². The van der Waals surface area contributed by atoms with E-state index >= 15 is 0 Å². The number of carbonyl (C=O) groups is 2. The van der Waals surface area contributed by atoms with Crippen LogP contribution in [0.15, 0.2) is 58.2 Å². The van der Waals surface area contributed by atoms with Crippen molar-refractivity contribution in [3.05, 3.63) is 79.7 Å². The van der Waals surface area contributed by atoms with E-state index in [0.29, 0.717) is 40.6 Å². The first-order valence-electron chi connectivity index (χ1n) is 9.15. The molecule has 1 aliphatic heterocycles. The molecule has 1 aliphatic carbocycles. The highest BCUT2D eigenvalue weighted by molar-refractivity contribution is 9.10. The number of rotatable bonds is 3. The molecule has 0 spiro atoms. The van der Waals surface area contributed by atoms with Gasteiger partial charge in [-0.25, -0.2) is 4.39 Å². The minimum atomic E-state index is -0.550. The molecule has 4 rings (SSSR count). The Hall–Kier alpha value is -2.87. The normalized spacial score (nSPS) is 19.4. The van der Waals surface area contributed by atoms with Crippen LogP contribution in [0.3, 0.4) is 0 Å². The van der Waals surface area contributed by atoms with Gasteiger partial charge < -0.3 is 0 Å². The quantitative estimate of drug-likeness (QED) is 0.477. The molecule has 148 valence electrons. The van der Waals surface area contributed by atoms with Gasteiger partial charge in [0.2, 0.25) is 5.91 Å². The Kier molecular flexibility index (Phi) is 5.04. The number of non-ortho nitro benzene ring substituents is 1. The van der Waals surface area contributed by atoms with Crippen LogP contribution in [0.4, 0.5) is 15.8 Å². The van der Waals surface area contributed by atoms with Crippen LogP contribution in [-0.2, 0) is 9.59 Å². The van der Waals surface area contributed by atoms with E-state index in [-0.39, 0.29) is 29.5 Å². The number of ketones is 1. The first-order valence-corrected chi connectivity index (χ1v) is 9.94. The van der Waals surface area contributed by atoms with E-state index < -0.39 is 16.7 Å². The summed E-state index contributed by atoms with van der Waals surface area (Å²) in [5.74, 6) is -1.40. The highest BCUT2D eigenvalue weighted by Crippen LogP contribution is 2.44. The molecule has 0 saturated carbocycles. The maximum Gasteiger partial charge on any atom is 0.269 e. The number of allylic oxidation sites excluding steroid dienone is 2. The summed E-state index contributed by atoms with van der Waals surface area (Å²) in [6.07, 6.45) is 1.45. The number of Topliss-reactive ketones (excluding diaryl/α,β-unsaturated/α-hetero) is 1. The number of nitrogens with zero attached hydrogens (tertiary/aromatic N) is 2. The number of nitro benzene ring substituents is 1. The fourth-order valence-corrected chi connectivity index (χ4v) is 4.38. The molecule has 0 bridgehead atoms. The minimum Gasteiger partial charge on any atom is -0.294 e. The third kappa shape index (κ3) is 3.48. The lowest BCUT2D eigenvalue weighted by Crippen LogP contribution is -2.41. The molecular formula is C21H16BrFN2O4. The maximum absolute atomic E-state index is 14.6. The monoisotopic (exact) mass is 458 g/mol. The van der Waals surface area contributed by atoms with Crippen molar-refractivity contribution in [3.63, 3.8) is 0 Å². The van der Waals surface area contributed by atoms with Gasteiger partial charge in [0.1, 0.15) is 5.82 Å². The fourth-order valence-electron chi connectivity index (χ4n) is 4.05. The molecule has 0 unspecified atom stereocenters. The molecular weight excluding hydrogens is 443 g/mol. The van der Waals surface area contributed by atoms with Gasteiger partial charge in [-0.1, -0.05) is 28.1 Å². The lowest BCUT2D eigenvalue weighted by atomic mass is 9.77. The lowest BCUT2D eigenvalue weighted by Gasteiger charge is -2.38. The number of anilines is 1. The van der Waals surface area contributed by atoms with Gasteiger partial charge in [0.25, 0.3) is 5.69 Å². The third-order valence-corrected chi connectivity index (χ3v) is 5.83. The Morgan fingerprint density at radius 1 is 1.10 bits per heavy atom. The summed E-state index contributed by atoms with van der Waals surface area (Å²) in [6, 6.07) is 10.4. The number of halogens is 2. The highest BCUT2D eigenvalue weighted by atomic mass is 79.9. The number of carbonyl (C=O) groups excluding carboxylic acids is 2. The zero-order valence-corrected chi connectivity index (χ0v) is 16.8. The fraction of sp³-hybridized carbons (Fsp3) is 0.238. The van der Waals surface area contributed by atoms with Crippen molar-refractivity contribution in [3.8, 4) is 0 Å². The van der Waals surface area contributed by atoms with E-state index in [2.05, 4.69) is 15.9 Å². The van der Waals surface area contributed by atoms with Gasteiger partial charge in [0.05, 0.1) is 10.6 Å². The van der Waals surface area contributed by atoms with Crippen molar-refractivity contribution < 1.29 is 18.9 Å². The molecule has 29 heavy (non-hydrogen) atoms. The molecule has 1 amide bonds. The second-order valence-corrected chi connectivity index (χ2v) is 7.98. The van der Waals surface area contributed by atoms with Crippen LogP contribution in [-0.4, -0.2) is 16.6 Å². The van der Waals surface area contributed by atoms with E-state index in [9.17, 15) is 24.1 Å². The number of amides is 1. The van der Waals surface area contributed by atoms with Crippen molar-refractivity contribution in [2.45, 2.75) is 31.6 Å². The molecule has 0 aromatic heterocycles. The van der Waals surface area contributed by atoms with Crippen molar-refractivity contribution >= 4 is 39.0 Å². The molecule has 0 fully saturated rings. The van der Waals surface area contributed by atoms with Crippen LogP contribution in [0, 0.1) is 15.9 Å².